The molecule has 1 amide bonds. The maximum absolute atomic E-state index is 12.8. The molecule has 0 saturated carbocycles. The van der Waals surface area contributed by atoms with Gasteiger partial charge < -0.3 is 9.42 Å². The van der Waals surface area contributed by atoms with E-state index in [2.05, 4.69) is 5.16 Å². The van der Waals surface area contributed by atoms with Gasteiger partial charge in [-0.25, -0.2) is 0 Å². The van der Waals surface area contributed by atoms with Gasteiger partial charge in [0.05, 0.1) is 11.0 Å². The molecular formula is C19H17N3O3. The highest BCUT2D eigenvalue weighted by Gasteiger charge is 2.52. The molecule has 25 heavy (non-hydrogen) atoms. The fraction of sp³-hybridized carbons (Fsp3) is 0.368. The number of para-hydroxylation sites is 1. The first-order chi connectivity index (χ1) is 11.9. The average molecular weight is 335 g/mol. The Kier molecular flexibility index (Phi) is 3.13. The average Bonchev–Trinajstić information content (AvgIpc) is 2.98. The summed E-state index contributed by atoms with van der Waals surface area (Å²) in [6, 6.07) is 9.26. The number of carbonyl (C=O) groups is 2. The largest absolute Gasteiger partial charge is 0.355 e. The fourth-order valence-electron chi connectivity index (χ4n) is 4.08. The molecule has 2 aliphatic rings. The van der Waals surface area contributed by atoms with Crippen molar-refractivity contribution in [2.24, 2.45) is 10.8 Å². The second-order valence-corrected chi connectivity index (χ2v) is 7.61. The minimum Gasteiger partial charge on any atom is -0.355 e. The van der Waals surface area contributed by atoms with Crippen LogP contribution in [0.2, 0.25) is 0 Å². The minimum atomic E-state index is -0.588. The summed E-state index contributed by atoms with van der Waals surface area (Å²) >= 11 is 0. The van der Waals surface area contributed by atoms with Gasteiger partial charge >= 0.3 is 0 Å². The highest BCUT2D eigenvalue weighted by Crippen LogP contribution is 2.48. The van der Waals surface area contributed by atoms with E-state index in [4.69, 9.17) is 4.52 Å². The van der Waals surface area contributed by atoms with Crippen LogP contribution in [0.5, 0.6) is 0 Å². The summed E-state index contributed by atoms with van der Waals surface area (Å²) in [6.07, 6.45) is 2.39. The number of benzene rings is 1. The molecule has 1 aromatic carbocycles. The van der Waals surface area contributed by atoms with Crippen molar-refractivity contribution >= 4 is 22.7 Å². The normalized spacial score (nSPS) is 20.9. The van der Waals surface area contributed by atoms with Crippen LogP contribution in [0.25, 0.3) is 11.0 Å². The Labute approximate surface area is 144 Å². The van der Waals surface area contributed by atoms with Crippen molar-refractivity contribution in [3.63, 3.8) is 0 Å². The number of nitriles is 1. The molecule has 0 atom stereocenters. The fourth-order valence-corrected chi connectivity index (χ4v) is 4.08. The second kappa shape index (κ2) is 5.03. The summed E-state index contributed by atoms with van der Waals surface area (Å²) in [7, 11) is 0. The summed E-state index contributed by atoms with van der Waals surface area (Å²) in [5.41, 5.74) is 0.196. The van der Waals surface area contributed by atoms with Crippen LogP contribution in [0.15, 0.2) is 40.4 Å². The third-order valence-electron chi connectivity index (χ3n) is 5.10. The van der Waals surface area contributed by atoms with Crippen LogP contribution in [-0.4, -0.2) is 34.8 Å². The number of hydrogen-bond donors (Lipinski definition) is 0. The van der Waals surface area contributed by atoms with Crippen LogP contribution in [0.1, 0.15) is 30.8 Å². The number of likely N-dealkylation sites (tertiary alicyclic amines) is 1. The van der Waals surface area contributed by atoms with E-state index >= 15 is 0 Å². The maximum Gasteiger partial charge on any atom is 0.276 e. The maximum atomic E-state index is 12.8. The van der Waals surface area contributed by atoms with E-state index < -0.39 is 5.41 Å². The molecule has 1 aromatic heterocycles. The van der Waals surface area contributed by atoms with Crippen molar-refractivity contribution in [2.45, 2.75) is 20.3 Å². The van der Waals surface area contributed by atoms with E-state index in [1.807, 2.05) is 38.1 Å². The van der Waals surface area contributed by atoms with Crippen molar-refractivity contribution < 1.29 is 14.1 Å². The van der Waals surface area contributed by atoms with Gasteiger partial charge in [0, 0.05) is 23.9 Å². The monoisotopic (exact) mass is 335 g/mol. The summed E-state index contributed by atoms with van der Waals surface area (Å²) in [6.45, 7) is 4.68. The third-order valence-corrected chi connectivity index (χ3v) is 5.10. The third kappa shape index (κ3) is 2.27. The molecule has 6 heteroatoms. The first-order valence-electron chi connectivity index (χ1n) is 8.17. The molecular weight excluding hydrogens is 318 g/mol. The number of nitrogens with zero attached hydrogens (tertiary/aromatic N) is 3. The summed E-state index contributed by atoms with van der Waals surface area (Å²) in [4.78, 5) is 26.7. The van der Waals surface area contributed by atoms with E-state index in [0.29, 0.717) is 36.2 Å². The number of hydrogen-bond acceptors (Lipinski definition) is 5. The van der Waals surface area contributed by atoms with Crippen molar-refractivity contribution in [3.05, 3.63) is 41.6 Å². The number of fused-ring (bicyclic) bond motifs is 1. The summed E-state index contributed by atoms with van der Waals surface area (Å²) < 4.78 is 5.21. The van der Waals surface area contributed by atoms with Crippen LogP contribution in [0, 0.1) is 22.2 Å². The van der Waals surface area contributed by atoms with Crippen molar-refractivity contribution in [1.29, 1.82) is 5.26 Å². The zero-order valence-electron chi connectivity index (χ0n) is 14.1. The number of allylic oxidation sites excluding steroid dienone is 1. The van der Waals surface area contributed by atoms with E-state index in [1.54, 1.807) is 17.0 Å². The first-order valence-corrected chi connectivity index (χ1v) is 8.17. The van der Waals surface area contributed by atoms with Crippen molar-refractivity contribution in [3.8, 4) is 6.07 Å². The lowest BCUT2D eigenvalue weighted by atomic mass is 9.61. The molecule has 1 fully saturated rings. The van der Waals surface area contributed by atoms with E-state index in [1.165, 1.54) is 0 Å². The lowest BCUT2D eigenvalue weighted by Gasteiger charge is -2.53. The number of amides is 1. The van der Waals surface area contributed by atoms with Gasteiger partial charge in [0.25, 0.3) is 5.91 Å². The van der Waals surface area contributed by atoms with Gasteiger partial charge in [-0.05, 0) is 18.6 Å². The molecule has 0 N–H and O–H groups in total. The summed E-state index contributed by atoms with van der Waals surface area (Å²) in [5, 5.41) is 13.9. The van der Waals surface area contributed by atoms with Gasteiger partial charge in [0.2, 0.25) is 0 Å². The molecule has 2 heterocycles. The number of carbonyl (C=O) groups excluding carboxylic acids is 2. The standard InChI is InChI=1S/C19H17N3O3/c1-18(2)9-19(7-12(8-20)16(18)23)10-22(11-19)17(24)15-13-5-3-4-6-14(13)25-21-15/h3-7H,9-11H2,1-2H3. The Hall–Kier alpha value is -2.94. The number of Topliss-reactive ketones (excluding diaryl/α,β-unsaturated/α-hetero) is 1. The van der Waals surface area contributed by atoms with E-state index in [-0.39, 0.29) is 22.7 Å². The summed E-state index contributed by atoms with van der Waals surface area (Å²) in [5.74, 6) is -0.301. The Bertz CT molecular complexity index is 971. The topological polar surface area (TPSA) is 87.2 Å². The van der Waals surface area contributed by atoms with Crippen molar-refractivity contribution in [1.82, 2.24) is 10.1 Å². The Morgan fingerprint density at radius 3 is 2.76 bits per heavy atom. The van der Waals surface area contributed by atoms with E-state index in [0.717, 1.165) is 0 Å². The highest BCUT2D eigenvalue weighted by molar-refractivity contribution is 6.05. The minimum absolute atomic E-state index is 0.118. The number of rotatable bonds is 1. The zero-order chi connectivity index (χ0) is 17.8. The molecule has 1 spiro atoms. The van der Waals surface area contributed by atoms with Crippen LogP contribution in [-0.2, 0) is 4.79 Å². The zero-order valence-corrected chi connectivity index (χ0v) is 14.1. The first kappa shape index (κ1) is 15.6. The molecule has 0 unspecified atom stereocenters. The van der Waals surface area contributed by atoms with Crippen LogP contribution in [0.4, 0.5) is 0 Å². The molecule has 2 aromatic rings. The molecule has 4 rings (SSSR count). The molecule has 1 aliphatic carbocycles. The predicted molar refractivity (Wildman–Crippen MR) is 89.4 cm³/mol. The van der Waals surface area contributed by atoms with Gasteiger partial charge in [-0.15, -0.1) is 0 Å². The highest BCUT2D eigenvalue weighted by atomic mass is 16.5. The van der Waals surface area contributed by atoms with E-state index in [9.17, 15) is 14.9 Å². The van der Waals surface area contributed by atoms with Crippen molar-refractivity contribution in [2.75, 3.05) is 13.1 Å². The molecule has 126 valence electrons. The van der Waals surface area contributed by atoms with Gasteiger partial charge in [-0.3, -0.25) is 9.59 Å². The molecule has 1 saturated heterocycles. The smallest absolute Gasteiger partial charge is 0.276 e. The van der Waals surface area contributed by atoms with Crippen LogP contribution < -0.4 is 0 Å². The lowest BCUT2D eigenvalue weighted by Crippen LogP contribution is -2.61. The van der Waals surface area contributed by atoms with Crippen LogP contribution in [0.3, 0.4) is 0 Å². The van der Waals surface area contributed by atoms with Gasteiger partial charge in [0.15, 0.2) is 17.1 Å². The Morgan fingerprint density at radius 2 is 2.04 bits per heavy atom. The molecule has 0 radical (unpaired) electrons. The SMILES string of the molecule is CC1(C)CC2(C=C(C#N)C1=O)CN(C(=O)c1noc3ccccc13)C2. The lowest BCUT2D eigenvalue weighted by molar-refractivity contribution is -0.127. The Balaban J connectivity index is 1.59. The quantitative estimate of drug-likeness (QED) is 0.799. The van der Waals surface area contributed by atoms with Gasteiger partial charge in [-0.1, -0.05) is 37.2 Å². The molecule has 6 nitrogen and oxygen atoms in total. The number of ketones is 1. The molecule has 1 aliphatic heterocycles. The van der Waals surface area contributed by atoms with Crippen LogP contribution >= 0.6 is 0 Å². The van der Waals surface area contributed by atoms with Gasteiger partial charge in [-0.2, -0.15) is 5.26 Å². The predicted octanol–water partition coefficient (Wildman–Crippen LogP) is 2.72. The molecule has 0 bridgehead atoms. The second-order valence-electron chi connectivity index (χ2n) is 7.61. The number of aromatic nitrogens is 1. The van der Waals surface area contributed by atoms with Gasteiger partial charge in [0.1, 0.15) is 6.07 Å². The Morgan fingerprint density at radius 1 is 1.32 bits per heavy atom.